The molecule has 0 spiro atoms. The molecule has 1 aliphatic rings. The number of anilines is 2. The largest absolute Gasteiger partial charge is 0.368 e. The van der Waals surface area contributed by atoms with Crippen LogP contribution in [0.5, 0.6) is 0 Å². The summed E-state index contributed by atoms with van der Waals surface area (Å²) in [7, 11) is 0. The Morgan fingerprint density at radius 3 is 2.58 bits per heavy atom. The fourth-order valence-electron chi connectivity index (χ4n) is 2.87. The molecule has 1 amide bonds. The maximum atomic E-state index is 12.3. The first-order valence-corrected chi connectivity index (χ1v) is 8.33. The average Bonchev–Trinajstić information content (AvgIpc) is 2.63. The summed E-state index contributed by atoms with van der Waals surface area (Å²) in [4.78, 5) is 24.8. The van der Waals surface area contributed by atoms with Gasteiger partial charge in [-0.2, -0.15) is 0 Å². The van der Waals surface area contributed by atoms with Crippen LogP contribution in [0.3, 0.4) is 0 Å². The molecule has 0 aliphatic carbocycles. The van der Waals surface area contributed by atoms with Gasteiger partial charge in [-0.05, 0) is 30.7 Å². The van der Waals surface area contributed by atoms with E-state index in [0.29, 0.717) is 18.9 Å². The van der Waals surface area contributed by atoms with E-state index in [1.165, 1.54) is 11.3 Å². The molecule has 0 unspecified atom stereocenters. The van der Waals surface area contributed by atoms with Gasteiger partial charge in [0.25, 0.3) is 0 Å². The molecule has 6 nitrogen and oxygen atoms in total. The molecule has 0 atom stereocenters. The Kier molecular flexibility index (Phi) is 5.25. The van der Waals surface area contributed by atoms with Crippen molar-refractivity contribution in [2.75, 3.05) is 42.9 Å². The molecule has 1 fully saturated rings. The third-order valence-corrected chi connectivity index (χ3v) is 4.19. The van der Waals surface area contributed by atoms with Crippen LogP contribution in [-0.4, -0.2) is 53.5 Å². The molecule has 1 aromatic heterocycles. The van der Waals surface area contributed by atoms with Crippen molar-refractivity contribution in [1.82, 2.24) is 14.9 Å². The van der Waals surface area contributed by atoms with E-state index in [-0.39, 0.29) is 5.91 Å². The topological polar surface area (TPSA) is 61.4 Å². The second-order valence-corrected chi connectivity index (χ2v) is 5.96. The van der Waals surface area contributed by atoms with Gasteiger partial charge in [0.1, 0.15) is 0 Å². The van der Waals surface area contributed by atoms with Crippen molar-refractivity contribution >= 4 is 17.5 Å². The van der Waals surface area contributed by atoms with Gasteiger partial charge >= 0.3 is 0 Å². The van der Waals surface area contributed by atoms with Crippen LogP contribution in [0.25, 0.3) is 0 Å². The first-order valence-electron chi connectivity index (χ1n) is 8.33. The summed E-state index contributed by atoms with van der Waals surface area (Å²) in [5, 5.41) is 3.08. The summed E-state index contributed by atoms with van der Waals surface area (Å²) in [6.07, 6.45) is 3.83. The van der Waals surface area contributed by atoms with Crippen LogP contribution in [0.1, 0.15) is 12.0 Å². The third-order valence-electron chi connectivity index (χ3n) is 4.19. The Morgan fingerprint density at radius 1 is 1.12 bits per heavy atom. The lowest BCUT2D eigenvalue weighted by atomic mass is 10.2. The highest BCUT2D eigenvalue weighted by Crippen LogP contribution is 2.18. The molecule has 1 aromatic carbocycles. The summed E-state index contributed by atoms with van der Waals surface area (Å²) >= 11 is 0. The molecule has 24 heavy (non-hydrogen) atoms. The van der Waals surface area contributed by atoms with Gasteiger partial charge in [0.2, 0.25) is 11.9 Å². The van der Waals surface area contributed by atoms with Crippen LogP contribution < -0.4 is 10.2 Å². The van der Waals surface area contributed by atoms with Crippen LogP contribution in [-0.2, 0) is 4.79 Å². The van der Waals surface area contributed by atoms with E-state index in [2.05, 4.69) is 51.4 Å². The Hall–Kier alpha value is -2.63. The predicted octanol–water partition coefficient (Wildman–Crippen LogP) is 1.94. The maximum Gasteiger partial charge on any atom is 0.224 e. The Labute approximate surface area is 142 Å². The molecular weight excluding hydrogens is 302 g/mol. The van der Waals surface area contributed by atoms with Crippen LogP contribution >= 0.6 is 0 Å². The van der Waals surface area contributed by atoms with E-state index in [4.69, 9.17) is 0 Å². The maximum absolute atomic E-state index is 12.3. The highest BCUT2D eigenvalue weighted by atomic mass is 16.2. The molecule has 1 aliphatic heterocycles. The molecule has 0 bridgehead atoms. The summed E-state index contributed by atoms with van der Waals surface area (Å²) in [6.45, 7) is 5.96. The molecule has 2 heterocycles. The number of piperazine rings is 1. The van der Waals surface area contributed by atoms with Crippen LogP contribution in [0.4, 0.5) is 11.6 Å². The monoisotopic (exact) mass is 325 g/mol. The minimum atomic E-state index is 0.183. The van der Waals surface area contributed by atoms with E-state index < -0.39 is 0 Å². The van der Waals surface area contributed by atoms with Crippen molar-refractivity contribution in [3.8, 4) is 0 Å². The first kappa shape index (κ1) is 16.2. The number of hydrogen-bond acceptors (Lipinski definition) is 5. The van der Waals surface area contributed by atoms with E-state index >= 15 is 0 Å². The molecule has 126 valence electrons. The lowest BCUT2D eigenvalue weighted by molar-refractivity contribution is -0.131. The minimum absolute atomic E-state index is 0.183. The van der Waals surface area contributed by atoms with Crippen LogP contribution in [0.15, 0.2) is 42.7 Å². The third kappa shape index (κ3) is 4.22. The smallest absolute Gasteiger partial charge is 0.224 e. The minimum Gasteiger partial charge on any atom is -0.368 e. The number of amides is 1. The molecule has 1 saturated heterocycles. The number of aromatic nitrogens is 2. The fraction of sp³-hybridized carbons (Fsp3) is 0.389. The molecule has 6 heteroatoms. The van der Waals surface area contributed by atoms with E-state index in [0.717, 1.165) is 26.2 Å². The molecule has 3 rings (SSSR count). The van der Waals surface area contributed by atoms with Crippen molar-refractivity contribution in [3.63, 3.8) is 0 Å². The zero-order valence-corrected chi connectivity index (χ0v) is 14.0. The summed E-state index contributed by atoms with van der Waals surface area (Å²) in [6, 6.07) is 10.3. The molecule has 1 N–H and O–H groups in total. The number of carbonyl (C=O) groups excluding carboxylic acids is 1. The summed E-state index contributed by atoms with van der Waals surface area (Å²) < 4.78 is 0. The molecule has 2 aromatic rings. The van der Waals surface area contributed by atoms with Crippen molar-refractivity contribution < 1.29 is 4.79 Å². The van der Waals surface area contributed by atoms with Crippen molar-refractivity contribution in [3.05, 3.63) is 48.3 Å². The quantitative estimate of drug-likeness (QED) is 0.910. The second kappa shape index (κ2) is 7.77. The van der Waals surface area contributed by atoms with Crippen LogP contribution in [0, 0.1) is 6.92 Å². The molecular formula is C18H23N5O. The Morgan fingerprint density at radius 2 is 1.88 bits per heavy atom. The number of carbonyl (C=O) groups is 1. The lowest BCUT2D eigenvalue weighted by Gasteiger charge is -2.36. The van der Waals surface area contributed by atoms with Gasteiger partial charge in [0.05, 0.1) is 0 Å². The second-order valence-electron chi connectivity index (χ2n) is 5.96. The van der Waals surface area contributed by atoms with Gasteiger partial charge in [-0.15, -0.1) is 0 Å². The zero-order chi connectivity index (χ0) is 16.8. The number of benzene rings is 1. The number of aryl methyl sites for hydroxylation is 1. The number of hydrogen-bond donors (Lipinski definition) is 1. The first-order chi connectivity index (χ1) is 11.7. The Bertz CT molecular complexity index is 668. The molecule has 0 saturated carbocycles. The summed E-state index contributed by atoms with van der Waals surface area (Å²) in [5.74, 6) is 0.747. The van der Waals surface area contributed by atoms with Crippen LogP contribution in [0.2, 0.25) is 0 Å². The zero-order valence-electron chi connectivity index (χ0n) is 14.0. The number of nitrogens with zero attached hydrogens (tertiary/aromatic N) is 4. The lowest BCUT2D eigenvalue weighted by Crippen LogP contribution is -2.49. The standard InChI is InChI=1S/C18H23N5O/c1-15-4-2-5-16(14-15)22-10-12-23(13-11-22)17(24)6-9-21-18-19-7-3-8-20-18/h2-5,7-8,14H,6,9-13H2,1H3,(H,19,20,21). The highest BCUT2D eigenvalue weighted by Gasteiger charge is 2.20. The summed E-state index contributed by atoms with van der Waals surface area (Å²) in [5.41, 5.74) is 2.50. The van der Waals surface area contributed by atoms with Gasteiger partial charge in [-0.3, -0.25) is 4.79 Å². The van der Waals surface area contributed by atoms with Crippen molar-refractivity contribution in [2.45, 2.75) is 13.3 Å². The van der Waals surface area contributed by atoms with Gasteiger partial charge in [0.15, 0.2) is 0 Å². The normalized spacial score (nSPS) is 14.5. The SMILES string of the molecule is Cc1cccc(N2CCN(C(=O)CCNc3ncccn3)CC2)c1. The highest BCUT2D eigenvalue weighted by molar-refractivity contribution is 5.77. The average molecular weight is 325 g/mol. The van der Waals surface area contributed by atoms with Gasteiger partial charge in [-0.1, -0.05) is 12.1 Å². The van der Waals surface area contributed by atoms with Crippen molar-refractivity contribution in [1.29, 1.82) is 0 Å². The predicted molar refractivity (Wildman–Crippen MR) is 95.1 cm³/mol. The van der Waals surface area contributed by atoms with E-state index in [1.54, 1.807) is 18.5 Å². The fourth-order valence-corrected chi connectivity index (χ4v) is 2.87. The van der Waals surface area contributed by atoms with E-state index in [9.17, 15) is 4.79 Å². The van der Waals surface area contributed by atoms with Gasteiger partial charge in [-0.25, -0.2) is 9.97 Å². The number of rotatable bonds is 5. The number of nitrogens with one attached hydrogen (secondary N) is 1. The molecule has 0 radical (unpaired) electrons. The van der Waals surface area contributed by atoms with Gasteiger partial charge < -0.3 is 15.1 Å². The van der Waals surface area contributed by atoms with Gasteiger partial charge in [0, 0.05) is 57.2 Å². The van der Waals surface area contributed by atoms with Crippen molar-refractivity contribution in [2.24, 2.45) is 0 Å². The van der Waals surface area contributed by atoms with E-state index in [1.807, 2.05) is 4.90 Å². The Balaban J connectivity index is 1.43.